The molecule has 1 amide bonds. The molecule has 0 saturated carbocycles. The van der Waals surface area contributed by atoms with E-state index in [-0.39, 0.29) is 41.3 Å². The molecule has 0 spiro atoms. The fourth-order valence-corrected chi connectivity index (χ4v) is 5.61. The number of ketones is 2. The summed E-state index contributed by atoms with van der Waals surface area (Å²) in [4.78, 5) is 41.8. The molecule has 1 aliphatic heterocycles. The van der Waals surface area contributed by atoms with Gasteiger partial charge in [-0.2, -0.15) is 0 Å². The van der Waals surface area contributed by atoms with Crippen LogP contribution in [0.3, 0.4) is 0 Å². The summed E-state index contributed by atoms with van der Waals surface area (Å²) in [5.41, 5.74) is 2.23. The smallest absolute Gasteiger partial charge is 0.415 e. The van der Waals surface area contributed by atoms with E-state index in [1.807, 2.05) is 56.5 Å². The number of carbonyl (C=O) groups is 3. The summed E-state index contributed by atoms with van der Waals surface area (Å²) in [6.07, 6.45) is 1.41. The van der Waals surface area contributed by atoms with E-state index in [9.17, 15) is 14.4 Å². The van der Waals surface area contributed by atoms with Crippen LogP contribution in [0.4, 0.5) is 4.79 Å². The van der Waals surface area contributed by atoms with Crippen molar-refractivity contribution in [2.24, 2.45) is 5.92 Å². The van der Waals surface area contributed by atoms with Gasteiger partial charge in [0.2, 0.25) is 0 Å². The van der Waals surface area contributed by atoms with Crippen molar-refractivity contribution in [3.63, 3.8) is 0 Å². The summed E-state index contributed by atoms with van der Waals surface area (Å²) >= 11 is 13.7. The first kappa shape index (κ1) is 30.9. The predicted molar refractivity (Wildman–Crippen MR) is 164 cm³/mol. The summed E-state index contributed by atoms with van der Waals surface area (Å²) in [7, 11) is 0. The molecule has 1 aliphatic rings. The Morgan fingerprint density at radius 3 is 2.12 bits per heavy atom. The number of benzene rings is 3. The highest BCUT2D eigenvalue weighted by Crippen LogP contribution is 2.39. The quantitative estimate of drug-likeness (QED) is 0.188. The van der Waals surface area contributed by atoms with Crippen LogP contribution in [0.25, 0.3) is 0 Å². The number of ether oxygens (including phenoxy) is 2. The number of carbonyl (C=O) groups excluding carboxylic acids is 3. The number of thioether (sulfide) groups is 1. The van der Waals surface area contributed by atoms with Crippen LogP contribution in [-0.4, -0.2) is 47.5 Å². The maximum atomic E-state index is 13.9. The number of likely N-dealkylation sites (tertiary alicyclic amines) is 1. The van der Waals surface area contributed by atoms with Crippen molar-refractivity contribution in [1.29, 1.82) is 0 Å². The van der Waals surface area contributed by atoms with Crippen LogP contribution >= 0.6 is 35.0 Å². The van der Waals surface area contributed by atoms with Crippen molar-refractivity contribution in [3.8, 4) is 11.5 Å². The molecule has 41 heavy (non-hydrogen) atoms. The Labute approximate surface area is 255 Å². The molecule has 0 unspecified atom stereocenters. The molecule has 4 rings (SSSR count). The van der Waals surface area contributed by atoms with E-state index in [0.717, 1.165) is 21.6 Å². The van der Waals surface area contributed by atoms with Gasteiger partial charge in [0.15, 0.2) is 17.2 Å². The van der Waals surface area contributed by atoms with Gasteiger partial charge < -0.3 is 14.4 Å². The summed E-state index contributed by atoms with van der Waals surface area (Å²) < 4.78 is 11.7. The second-order valence-electron chi connectivity index (χ2n) is 10.8. The minimum atomic E-state index is -0.975. The molecule has 3 aromatic carbocycles. The number of Topliss-reactive ketones (excluding diaryl/α,β-unsaturated/α-hetero) is 2. The van der Waals surface area contributed by atoms with Crippen molar-refractivity contribution in [2.75, 3.05) is 19.3 Å². The van der Waals surface area contributed by atoms with E-state index in [2.05, 4.69) is 0 Å². The lowest BCUT2D eigenvalue weighted by atomic mass is 9.82. The Kier molecular flexibility index (Phi) is 9.42. The molecule has 3 aromatic rings. The fourth-order valence-electron chi connectivity index (χ4n) is 4.92. The molecule has 216 valence electrons. The van der Waals surface area contributed by atoms with Gasteiger partial charge in [-0.1, -0.05) is 47.5 Å². The van der Waals surface area contributed by atoms with Crippen LogP contribution in [0.1, 0.15) is 53.7 Å². The summed E-state index contributed by atoms with van der Waals surface area (Å²) in [5, 5.41) is 0.634. The topological polar surface area (TPSA) is 72.9 Å². The zero-order chi connectivity index (χ0) is 30.1. The lowest BCUT2D eigenvalue weighted by Gasteiger charge is -2.27. The van der Waals surface area contributed by atoms with E-state index >= 15 is 0 Å². The molecule has 0 aliphatic carbocycles. The first-order valence-electron chi connectivity index (χ1n) is 13.2. The molecule has 0 N–H and O–H groups in total. The third-order valence-electron chi connectivity index (χ3n) is 7.50. The maximum Gasteiger partial charge on any atom is 0.415 e. The highest BCUT2D eigenvalue weighted by atomic mass is 35.5. The third-order valence-corrected chi connectivity index (χ3v) is 8.98. The van der Waals surface area contributed by atoms with Crippen LogP contribution in [0.2, 0.25) is 10.0 Å². The largest absolute Gasteiger partial charge is 0.480 e. The standard InChI is InChI=1S/C32H33Cl2NO5S/c1-18-13-22(14-19(2)30(18)40-32(4,5)20(3)36)25-16-35(31(38)39-23-9-12-27(33)28(34)15-23)17-26(25)29(37)21-7-10-24(41-6)11-8-21/h7-15,25-26H,16-17H2,1-6H3/t25-,26+/m1/s1. The van der Waals surface area contributed by atoms with Crippen LogP contribution in [0, 0.1) is 19.8 Å². The predicted octanol–water partition coefficient (Wildman–Crippen LogP) is 8.18. The van der Waals surface area contributed by atoms with Gasteiger partial charge in [0.25, 0.3) is 0 Å². The minimum Gasteiger partial charge on any atom is -0.480 e. The van der Waals surface area contributed by atoms with E-state index < -0.39 is 17.6 Å². The summed E-state index contributed by atoms with van der Waals surface area (Å²) in [6.45, 7) is 9.32. The van der Waals surface area contributed by atoms with Gasteiger partial charge in [-0.25, -0.2) is 4.79 Å². The number of amides is 1. The Hall–Kier alpha value is -3.00. The minimum absolute atomic E-state index is 0.0409. The zero-order valence-corrected chi connectivity index (χ0v) is 26.2. The Morgan fingerprint density at radius 2 is 1.56 bits per heavy atom. The van der Waals surface area contributed by atoms with Gasteiger partial charge in [0.05, 0.1) is 10.0 Å². The SMILES string of the molecule is CSc1ccc(C(=O)[C@H]2CN(C(=O)Oc3ccc(Cl)c(Cl)c3)C[C@@H]2c2cc(C)c(OC(C)(C)C(C)=O)c(C)c2)cc1. The summed E-state index contributed by atoms with van der Waals surface area (Å²) in [6, 6.07) is 16.1. The fraction of sp³-hybridized carbons (Fsp3) is 0.344. The number of rotatable bonds is 8. The number of aryl methyl sites for hydroxylation is 2. The van der Waals surface area contributed by atoms with Crippen LogP contribution in [0.15, 0.2) is 59.5 Å². The van der Waals surface area contributed by atoms with E-state index in [0.29, 0.717) is 16.3 Å². The monoisotopic (exact) mass is 613 g/mol. The average molecular weight is 615 g/mol. The molecule has 0 radical (unpaired) electrons. The second-order valence-corrected chi connectivity index (χ2v) is 12.5. The van der Waals surface area contributed by atoms with Crippen LogP contribution in [0.5, 0.6) is 11.5 Å². The lowest BCUT2D eigenvalue weighted by molar-refractivity contribution is -0.129. The summed E-state index contributed by atoms with van der Waals surface area (Å²) in [5.74, 6) is 0.0152. The van der Waals surface area contributed by atoms with Crippen LogP contribution in [-0.2, 0) is 4.79 Å². The third kappa shape index (κ3) is 6.91. The normalized spacial score (nSPS) is 16.9. The first-order chi connectivity index (χ1) is 19.3. The maximum absolute atomic E-state index is 13.9. The van der Waals surface area contributed by atoms with Gasteiger partial charge in [-0.15, -0.1) is 11.8 Å². The Bertz CT molecular complexity index is 1460. The van der Waals surface area contributed by atoms with Gasteiger partial charge in [-0.3, -0.25) is 9.59 Å². The molecule has 6 nitrogen and oxygen atoms in total. The molecule has 1 saturated heterocycles. The molecular formula is C32H33Cl2NO5S. The Balaban J connectivity index is 1.67. The second kappa shape index (κ2) is 12.5. The number of nitrogens with zero attached hydrogens (tertiary/aromatic N) is 1. The van der Waals surface area contributed by atoms with E-state index in [1.165, 1.54) is 13.0 Å². The highest BCUT2D eigenvalue weighted by Gasteiger charge is 2.42. The molecule has 1 fully saturated rings. The molecular weight excluding hydrogens is 581 g/mol. The molecule has 9 heteroatoms. The lowest BCUT2D eigenvalue weighted by Crippen LogP contribution is -2.36. The number of hydrogen-bond acceptors (Lipinski definition) is 6. The van der Waals surface area contributed by atoms with Crippen molar-refractivity contribution in [1.82, 2.24) is 4.90 Å². The average Bonchev–Trinajstić information content (AvgIpc) is 3.38. The van der Waals surface area contributed by atoms with Crippen molar-refractivity contribution < 1.29 is 23.9 Å². The van der Waals surface area contributed by atoms with E-state index in [4.69, 9.17) is 32.7 Å². The highest BCUT2D eigenvalue weighted by molar-refractivity contribution is 7.98. The number of hydrogen-bond donors (Lipinski definition) is 0. The molecule has 0 bridgehead atoms. The van der Waals surface area contributed by atoms with Gasteiger partial charge in [-0.05, 0) is 81.8 Å². The molecule has 2 atom stereocenters. The van der Waals surface area contributed by atoms with Crippen LogP contribution < -0.4 is 9.47 Å². The van der Waals surface area contributed by atoms with E-state index in [1.54, 1.807) is 42.6 Å². The zero-order valence-electron chi connectivity index (χ0n) is 23.9. The van der Waals surface area contributed by atoms with Crippen molar-refractivity contribution >= 4 is 52.6 Å². The Morgan fingerprint density at radius 1 is 0.927 bits per heavy atom. The molecule has 1 heterocycles. The van der Waals surface area contributed by atoms with Crippen molar-refractivity contribution in [2.45, 2.75) is 51.0 Å². The first-order valence-corrected chi connectivity index (χ1v) is 15.2. The van der Waals surface area contributed by atoms with Gasteiger partial charge in [0.1, 0.15) is 11.5 Å². The van der Waals surface area contributed by atoms with Crippen molar-refractivity contribution in [3.05, 3.63) is 86.9 Å². The van der Waals surface area contributed by atoms with Gasteiger partial charge in [0, 0.05) is 41.5 Å². The number of halogens is 2. The molecule has 0 aromatic heterocycles. The van der Waals surface area contributed by atoms with Gasteiger partial charge >= 0.3 is 6.09 Å².